The number of imide groups is 1. The largest absolute Gasteiger partial charge is 0.573 e. The van der Waals surface area contributed by atoms with Gasteiger partial charge in [-0.3, -0.25) is 14.9 Å². The van der Waals surface area contributed by atoms with Crippen LogP contribution in [0.15, 0.2) is 24.3 Å². The lowest BCUT2D eigenvalue weighted by molar-refractivity contribution is -0.274. The monoisotopic (exact) mass is 274 g/mol. The molecule has 1 aromatic rings. The summed E-state index contributed by atoms with van der Waals surface area (Å²) in [7, 11) is 0. The Bertz CT molecular complexity index is 500. The molecule has 0 radical (unpaired) electrons. The normalized spacial score (nSPS) is 16.3. The van der Waals surface area contributed by atoms with Gasteiger partial charge in [0.05, 0.1) is 18.8 Å². The summed E-state index contributed by atoms with van der Waals surface area (Å²) in [5.74, 6) is -1.59. The number of para-hydroxylation sites is 2. The third-order valence-electron chi connectivity index (χ3n) is 2.38. The van der Waals surface area contributed by atoms with E-state index in [1.807, 2.05) is 0 Å². The van der Waals surface area contributed by atoms with Gasteiger partial charge in [-0.15, -0.1) is 13.2 Å². The molecule has 8 heteroatoms. The van der Waals surface area contributed by atoms with Crippen LogP contribution < -0.4 is 15.0 Å². The number of nitrogens with zero attached hydrogens (tertiary/aromatic N) is 1. The second kappa shape index (κ2) is 4.79. The van der Waals surface area contributed by atoms with Crippen LogP contribution in [0.1, 0.15) is 0 Å². The lowest BCUT2D eigenvalue weighted by atomic mass is 10.2. The van der Waals surface area contributed by atoms with Gasteiger partial charge in [0.25, 0.3) is 0 Å². The third kappa shape index (κ3) is 3.36. The van der Waals surface area contributed by atoms with Crippen molar-refractivity contribution in [2.24, 2.45) is 0 Å². The zero-order chi connectivity index (χ0) is 14.0. The summed E-state index contributed by atoms with van der Waals surface area (Å²) in [6.45, 7) is -0.409. The standard InChI is InChI=1S/C11H9F3N2O3/c12-11(13,14)19-8-4-2-1-3-7(8)16-5-9(17)15-10(18)6-16/h1-4H,5-6H2,(H,15,17,18). The fourth-order valence-corrected chi connectivity index (χ4v) is 1.74. The van der Waals surface area contributed by atoms with Crippen LogP contribution in [0, 0.1) is 0 Å². The summed E-state index contributed by atoms with van der Waals surface area (Å²) < 4.78 is 40.6. The zero-order valence-electron chi connectivity index (χ0n) is 9.53. The number of hydrogen-bond donors (Lipinski definition) is 1. The van der Waals surface area contributed by atoms with E-state index in [2.05, 4.69) is 10.1 Å². The molecule has 19 heavy (non-hydrogen) atoms. The molecule has 0 saturated carbocycles. The summed E-state index contributed by atoms with van der Waals surface area (Å²) in [5.41, 5.74) is 0.0445. The summed E-state index contributed by atoms with van der Waals surface area (Å²) >= 11 is 0. The highest BCUT2D eigenvalue weighted by molar-refractivity contribution is 6.02. The molecular weight excluding hydrogens is 265 g/mol. The Balaban J connectivity index is 2.29. The first-order valence-corrected chi connectivity index (χ1v) is 5.27. The average Bonchev–Trinajstić information content (AvgIpc) is 2.26. The molecule has 1 aromatic carbocycles. The van der Waals surface area contributed by atoms with E-state index in [4.69, 9.17) is 0 Å². The number of halogens is 3. The SMILES string of the molecule is O=C1CN(c2ccccc2OC(F)(F)F)CC(=O)N1. The van der Waals surface area contributed by atoms with Crippen LogP contribution in [0.25, 0.3) is 0 Å². The summed E-state index contributed by atoms with van der Waals surface area (Å²) in [4.78, 5) is 23.7. The number of rotatable bonds is 2. The number of hydrogen-bond acceptors (Lipinski definition) is 4. The first kappa shape index (κ1) is 13.2. The minimum atomic E-state index is -4.84. The third-order valence-corrected chi connectivity index (χ3v) is 2.38. The molecule has 1 aliphatic rings. The van der Waals surface area contributed by atoms with E-state index in [0.29, 0.717) is 0 Å². The summed E-state index contributed by atoms with van der Waals surface area (Å²) in [5, 5.41) is 2.06. The Morgan fingerprint density at radius 2 is 1.68 bits per heavy atom. The average molecular weight is 274 g/mol. The number of piperazine rings is 1. The van der Waals surface area contributed by atoms with E-state index >= 15 is 0 Å². The van der Waals surface area contributed by atoms with Crippen LogP contribution in [0.4, 0.5) is 18.9 Å². The smallest absolute Gasteiger partial charge is 0.404 e. The maximum Gasteiger partial charge on any atom is 0.573 e. The van der Waals surface area contributed by atoms with Gasteiger partial charge in [0.1, 0.15) is 0 Å². The van der Waals surface area contributed by atoms with Gasteiger partial charge < -0.3 is 9.64 Å². The molecule has 1 aliphatic heterocycles. The van der Waals surface area contributed by atoms with E-state index in [-0.39, 0.29) is 18.8 Å². The number of ether oxygens (including phenoxy) is 1. The van der Waals surface area contributed by atoms with E-state index in [1.165, 1.54) is 23.1 Å². The van der Waals surface area contributed by atoms with Gasteiger partial charge in [0, 0.05) is 0 Å². The lowest BCUT2D eigenvalue weighted by Gasteiger charge is -2.28. The first-order valence-electron chi connectivity index (χ1n) is 5.27. The van der Waals surface area contributed by atoms with Crippen molar-refractivity contribution in [3.8, 4) is 5.75 Å². The van der Waals surface area contributed by atoms with Crippen molar-refractivity contribution >= 4 is 17.5 Å². The number of anilines is 1. The highest BCUT2D eigenvalue weighted by Gasteiger charge is 2.33. The number of carbonyl (C=O) groups is 2. The van der Waals surface area contributed by atoms with E-state index < -0.39 is 23.9 Å². The molecule has 0 aliphatic carbocycles. The first-order chi connectivity index (χ1) is 8.85. The Hall–Kier alpha value is -2.25. The zero-order valence-corrected chi connectivity index (χ0v) is 9.53. The number of nitrogens with one attached hydrogen (secondary N) is 1. The van der Waals surface area contributed by atoms with Gasteiger partial charge in [-0.1, -0.05) is 12.1 Å². The molecule has 0 atom stereocenters. The number of amides is 2. The second-order valence-corrected chi connectivity index (χ2v) is 3.84. The maximum atomic E-state index is 12.3. The fourth-order valence-electron chi connectivity index (χ4n) is 1.74. The molecule has 2 amide bonds. The van der Waals surface area contributed by atoms with Gasteiger partial charge in [-0.05, 0) is 12.1 Å². The van der Waals surface area contributed by atoms with Crippen LogP contribution in [0.5, 0.6) is 5.75 Å². The molecular formula is C11H9F3N2O3. The molecule has 0 unspecified atom stereocenters. The fraction of sp³-hybridized carbons (Fsp3) is 0.273. The maximum absolute atomic E-state index is 12.3. The predicted molar refractivity (Wildman–Crippen MR) is 58.5 cm³/mol. The number of benzene rings is 1. The van der Waals surface area contributed by atoms with Gasteiger partial charge >= 0.3 is 6.36 Å². The molecule has 5 nitrogen and oxygen atoms in total. The molecule has 0 spiro atoms. The minimum Gasteiger partial charge on any atom is -0.404 e. The predicted octanol–water partition coefficient (Wildman–Crippen LogP) is 1.05. The van der Waals surface area contributed by atoms with Crippen molar-refractivity contribution in [2.45, 2.75) is 6.36 Å². The molecule has 1 saturated heterocycles. The van der Waals surface area contributed by atoms with E-state index in [0.717, 1.165) is 6.07 Å². The minimum absolute atomic E-state index is 0.0445. The molecule has 1 heterocycles. The van der Waals surface area contributed by atoms with Crippen LogP contribution in [-0.2, 0) is 9.59 Å². The quantitative estimate of drug-likeness (QED) is 0.819. The molecule has 102 valence electrons. The molecule has 1 N–H and O–H groups in total. The highest BCUT2D eigenvalue weighted by atomic mass is 19.4. The van der Waals surface area contributed by atoms with E-state index in [9.17, 15) is 22.8 Å². The van der Waals surface area contributed by atoms with Crippen molar-refractivity contribution in [1.82, 2.24) is 5.32 Å². The Morgan fingerprint density at radius 3 is 2.26 bits per heavy atom. The van der Waals surface area contributed by atoms with Gasteiger partial charge in [0.15, 0.2) is 5.75 Å². The van der Waals surface area contributed by atoms with Crippen LogP contribution in [-0.4, -0.2) is 31.3 Å². The van der Waals surface area contributed by atoms with Crippen molar-refractivity contribution < 1.29 is 27.5 Å². The summed E-state index contributed by atoms with van der Waals surface area (Å²) in [6.07, 6.45) is -4.84. The Labute approximate surface area is 105 Å². The number of alkyl halides is 3. The van der Waals surface area contributed by atoms with Crippen LogP contribution in [0.3, 0.4) is 0 Å². The van der Waals surface area contributed by atoms with Crippen molar-refractivity contribution in [1.29, 1.82) is 0 Å². The van der Waals surface area contributed by atoms with Crippen molar-refractivity contribution in [3.63, 3.8) is 0 Å². The van der Waals surface area contributed by atoms with Crippen molar-refractivity contribution in [3.05, 3.63) is 24.3 Å². The Kier molecular flexibility index (Phi) is 3.32. The molecule has 2 rings (SSSR count). The molecule has 0 aromatic heterocycles. The van der Waals surface area contributed by atoms with Crippen molar-refractivity contribution in [2.75, 3.05) is 18.0 Å². The van der Waals surface area contributed by atoms with E-state index in [1.54, 1.807) is 0 Å². The van der Waals surface area contributed by atoms with Gasteiger partial charge in [-0.25, -0.2) is 0 Å². The molecule has 0 bridgehead atoms. The topological polar surface area (TPSA) is 58.6 Å². The second-order valence-electron chi connectivity index (χ2n) is 3.84. The van der Waals surface area contributed by atoms with Gasteiger partial charge in [0.2, 0.25) is 11.8 Å². The summed E-state index contributed by atoms with van der Waals surface area (Å²) in [6, 6.07) is 5.35. The highest BCUT2D eigenvalue weighted by Crippen LogP contribution is 2.32. The lowest BCUT2D eigenvalue weighted by Crippen LogP contribution is -2.51. The molecule has 1 fully saturated rings. The Morgan fingerprint density at radius 1 is 1.11 bits per heavy atom. The van der Waals surface area contributed by atoms with Gasteiger partial charge in [-0.2, -0.15) is 0 Å². The number of carbonyl (C=O) groups excluding carboxylic acids is 2. The van der Waals surface area contributed by atoms with Crippen LogP contribution in [0.2, 0.25) is 0 Å². The van der Waals surface area contributed by atoms with Crippen LogP contribution >= 0.6 is 0 Å².